The predicted molar refractivity (Wildman–Crippen MR) is 100 cm³/mol. The molecule has 2 aromatic rings. The van der Waals surface area contributed by atoms with Crippen molar-refractivity contribution in [1.29, 1.82) is 0 Å². The van der Waals surface area contributed by atoms with E-state index in [0.29, 0.717) is 37.0 Å². The summed E-state index contributed by atoms with van der Waals surface area (Å²) in [6.45, 7) is 3.64. The van der Waals surface area contributed by atoms with Gasteiger partial charge >= 0.3 is 0 Å². The summed E-state index contributed by atoms with van der Waals surface area (Å²) in [6.07, 6.45) is 0. The lowest BCUT2D eigenvalue weighted by atomic mass is 10.1. The highest BCUT2D eigenvalue weighted by Crippen LogP contribution is 2.34. The van der Waals surface area contributed by atoms with Crippen molar-refractivity contribution >= 4 is 27.3 Å². The Bertz CT molecular complexity index is 895. The van der Waals surface area contributed by atoms with Crippen molar-refractivity contribution < 1.29 is 17.5 Å². The molecule has 0 aliphatic carbocycles. The van der Waals surface area contributed by atoms with Crippen LogP contribution in [0.25, 0.3) is 0 Å². The maximum absolute atomic E-state index is 13.1. The number of rotatable bonds is 4. The molecule has 0 amide bonds. The highest BCUT2D eigenvalue weighted by molar-refractivity contribution is 7.89. The summed E-state index contributed by atoms with van der Waals surface area (Å²) in [5.41, 5.74) is 1.83. The van der Waals surface area contributed by atoms with Crippen LogP contribution >= 0.6 is 11.6 Å². The number of nitrogens with zero attached hydrogens (tertiary/aromatic N) is 2. The van der Waals surface area contributed by atoms with Crippen LogP contribution < -0.4 is 9.64 Å². The molecule has 5 nitrogen and oxygen atoms in total. The molecule has 8 heteroatoms. The standard InChI is InChI=1S/C18H20ClFN2O3S/c1-13-11-17(18(25-2)12-16(13)19)21-7-9-22(10-8-21)26(23,24)15-5-3-14(20)4-6-15/h3-6,11-12H,7-10H2,1-2H3. The molecule has 1 saturated heterocycles. The van der Waals surface area contributed by atoms with Gasteiger partial charge in [-0.25, -0.2) is 12.8 Å². The SMILES string of the molecule is COc1cc(Cl)c(C)cc1N1CCN(S(=O)(=O)c2ccc(F)cc2)CC1. The molecule has 0 aromatic heterocycles. The van der Waals surface area contributed by atoms with Crippen molar-refractivity contribution in [1.82, 2.24) is 4.31 Å². The van der Waals surface area contributed by atoms with E-state index >= 15 is 0 Å². The van der Waals surface area contributed by atoms with Crippen LogP contribution in [0.15, 0.2) is 41.3 Å². The summed E-state index contributed by atoms with van der Waals surface area (Å²) in [7, 11) is -2.04. The number of ether oxygens (including phenoxy) is 1. The van der Waals surface area contributed by atoms with Crippen molar-refractivity contribution in [2.24, 2.45) is 0 Å². The highest BCUT2D eigenvalue weighted by atomic mass is 35.5. The fourth-order valence-electron chi connectivity index (χ4n) is 2.98. The molecule has 1 heterocycles. The van der Waals surface area contributed by atoms with E-state index in [1.807, 2.05) is 13.0 Å². The summed E-state index contributed by atoms with van der Waals surface area (Å²) in [4.78, 5) is 2.19. The minimum atomic E-state index is -3.63. The molecule has 0 radical (unpaired) electrons. The molecule has 140 valence electrons. The van der Waals surface area contributed by atoms with E-state index < -0.39 is 15.8 Å². The van der Waals surface area contributed by atoms with E-state index in [0.717, 1.165) is 23.4 Å². The molecule has 1 fully saturated rings. The van der Waals surface area contributed by atoms with Crippen LogP contribution in [-0.2, 0) is 10.0 Å². The zero-order valence-corrected chi connectivity index (χ0v) is 16.1. The average Bonchev–Trinajstić information content (AvgIpc) is 2.64. The Balaban J connectivity index is 1.77. The Kier molecular flexibility index (Phi) is 5.41. The quantitative estimate of drug-likeness (QED) is 0.792. The number of sulfonamides is 1. The van der Waals surface area contributed by atoms with Gasteiger partial charge in [-0.3, -0.25) is 0 Å². The van der Waals surface area contributed by atoms with Gasteiger partial charge in [0.05, 0.1) is 17.7 Å². The number of aryl methyl sites for hydroxylation is 1. The maximum atomic E-state index is 13.1. The molecule has 0 spiro atoms. The predicted octanol–water partition coefficient (Wildman–Crippen LogP) is 3.31. The molecular weight excluding hydrogens is 379 g/mol. The van der Waals surface area contributed by atoms with E-state index in [4.69, 9.17) is 16.3 Å². The van der Waals surface area contributed by atoms with E-state index in [1.165, 1.54) is 16.4 Å². The second-order valence-electron chi connectivity index (χ2n) is 6.12. The zero-order chi connectivity index (χ0) is 18.9. The molecule has 1 aliphatic heterocycles. The second kappa shape index (κ2) is 7.42. The van der Waals surface area contributed by atoms with Gasteiger partial charge in [0.25, 0.3) is 0 Å². The number of anilines is 1. The van der Waals surface area contributed by atoms with Gasteiger partial charge < -0.3 is 9.64 Å². The van der Waals surface area contributed by atoms with Crippen molar-refractivity contribution in [2.75, 3.05) is 38.2 Å². The molecular formula is C18H20ClFN2O3S. The lowest BCUT2D eigenvalue weighted by molar-refractivity contribution is 0.378. The van der Waals surface area contributed by atoms with Gasteiger partial charge in [0.2, 0.25) is 10.0 Å². The van der Waals surface area contributed by atoms with Crippen LogP contribution in [0.1, 0.15) is 5.56 Å². The maximum Gasteiger partial charge on any atom is 0.243 e. The number of hydrogen-bond acceptors (Lipinski definition) is 4. The molecule has 26 heavy (non-hydrogen) atoms. The molecule has 0 atom stereocenters. The number of piperazine rings is 1. The lowest BCUT2D eigenvalue weighted by Crippen LogP contribution is -2.48. The average molecular weight is 399 g/mol. The smallest absolute Gasteiger partial charge is 0.243 e. The fraction of sp³-hybridized carbons (Fsp3) is 0.333. The third kappa shape index (κ3) is 3.65. The normalized spacial score (nSPS) is 15.9. The minimum Gasteiger partial charge on any atom is -0.495 e. The van der Waals surface area contributed by atoms with Crippen molar-refractivity contribution in [3.05, 3.63) is 52.8 Å². The van der Waals surface area contributed by atoms with Crippen LogP contribution in [0.5, 0.6) is 5.75 Å². The molecule has 0 bridgehead atoms. The van der Waals surface area contributed by atoms with E-state index in [1.54, 1.807) is 13.2 Å². The number of benzene rings is 2. The lowest BCUT2D eigenvalue weighted by Gasteiger charge is -2.36. The first-order valence-electron chi connectivity index (χ1n) is 8.17. The Hall–Kier alpha value is -1.83. The Morgan fingerprint density at radius 3 is 2.27 bits per heavy atom. The van der Waals surface area contributed by atoms with Gasteiger partial charge in [-0.05, 0) is 42.8 Å². The van der Waals surface area contributed by atoms with Crippen LogP contribution in [0.2, 0.25) is 5.02 Å². The number of hydrogen-bond donors (Lipinski definition) is 0. The zero-order valence-electron chi connectivity index (χ0n) is 14.6. The molecule has 0 N–H and O–H groups in total. The topological polar surface area (TPSA) is 49.9 Å². The van der Waals surface area contributed by atoms with Crippen molar-refractivity contribution in [3.8, 4) is 5.75 Å². The molecule has 0 unspecified atom stereocenters. The first kappa shape index (κ1) is 18.9. The van der Waals surface area contributed by atoms with E-state index in [-0.39, 0.29) is 4.90 Å². The first-order chi connectivity index (χ1) is 12.3. The third-order valence-electron chi connectivity index (χ3n) is 4.49. The number of halogens is 2. The summed E-state index contributed by atoms with van der Waals surface area (Å²) in [5, 5.41) is 0.628. The highest BCUT2D eigenvalue weighted by Gasteiger charge is 2.29. The first-order valence-corrected chi connectivity index (χ1v) is 9.99. The molecule has 1 aliphatic rings. The Labute approximate surface area is 158 Å². The van der Waals surface area contributed by atoms with Crippen LogP contribution in [-0.4, -0.2) is 46.0 Å². The molecule has 3 rings (SSSR count). The van der Waals surface area contributed by atoms with Gasteiger partial charge in [-0.1, -0.05) is 11.6 Å². The summed E-state index contributed by atoms with van der Waals surface area (Å²) in [6, 6.07) is 8.62. The largest absolute Gasteiger partial charge is 0.495 e. The number of methoxy groups -OCH3 is 1. The van der Waals surface area contributed by atoms with Gasteiger partial charge in [0.15, 0.2) is 0 Å². The summed E-state index contributed by atoms with van der Waals surface area (Å²) < 4.78 is 45.3. The van der Waals surface area contributed by atoms with E-state index in [2.05, 4.69) is 4.90 Å². The third-order valence-corrected chi connectivity index (χ3v) is 6.81. The molecule has 0 saturated carbocycles. The fourth-order valence-corrected chi connectivity index (χ4v) is 4.56. The van der Waals surface area contributed by atoms with Gasteiger partial charge in [-0.2, -0.15) is 4.31 Å². The summed E-state index contributed by atoms with van der Waals surface area (Å²) in [5.74, 6) is 0.203. The van der Waals surface area contributed by atoms with E-state index in [9.17, 15) is 12.8 Å². The van der Waals surface area contributed by atoms with Crippen LogP contribution in [0.3, 0.4) is 0 Å². The molecule has 2 aromatic carbocycles. The summed E-state index contributed by atoms with van der Waals surface area (Å²) >= 11 is 6.15. The Morgan fingerprint density at radius 1 is 1.08 bits per heavy atom. The monoisotopic (exact) mass is 398 g/mol. The van der Waals surface area contributed by atoms with Gasteiger partial charge in [-0.15, -0.1) is 0 Å². The second-order valence-corrected chi connectivity index (χ2v) is 8.46. The van der Waals surface area contributed by atoms with Gasteiger partial charge in [0.1, 0.15) is 11.6 Å². The van der Waals surface area contributed by atoms with Crippen LogP contribution in [0.4, 0.5) is 10.1 Å². The van der Waals surface area contributed by atoms with Gasteiger partial charge in [0, 0.05) is 37.3 Å². The van der Waals surface area contributed by atoms with Crippen molar-refractivity contribution in [2.45, 2.75) is 11.8 Å². The Morgan fingerprint density at radius 2 is 1.69 bits per heavy atom. The van der Waals surface area contributed by atoms with Crippen molar-refractivity contribution in [3.63, 3.8) is 0 Å². The minimum absolute atomic E-state index is 0.104. The van der Waals surface area contributed by atoms with Crippen LogP contribution in [0, 0.1) is 12.7 Å².